The predicted octanol–water partition coefficient (Wildman–Crippen LogP) is 1.26. The molecule has 0 aromatic carbocycles. The van der Waals surface area contributed by atoms with Crippen LogP contribution in [0, 0.1) is 0 Å². The van der Waals surface area contributed by atoms with E-state index in [9.17, 15) is 0 Å². The molecule has 1 unspecified atom stereocenters. The van der Waals surface area contributed by atoms with Gasteiger partial charge in [0.05, 0.1) is 13.7 Å². The molecule has 3 heteroatoms. The number of hydrogen-bond acceptors (Lipinski definition) is 3. The molecule has 0 spiro atoms. The van der Waals surface area contributed by atoms with Gasteiger partial charge in [-0.05, 0) is 13.0 Å². The molecule has 0 bridgehead atoms. The minimum Gasteiger partial charge on any atom is -0.499 e. The fraction of sp³-hybridized carbons (Fsp3) is 0.714. The van der Waals surface area contributed by atoms with Gasteiger partial charge in [-0.3, -0.25) is 0 Å². The van der Waals surface area contributed by atoms with E-state index in [0.717, 1.165) is 12.2 Å². The SMILES string of the molecule is CC=C(OC)C1CCOO1. The second-order valence-electron chi connectivity index (χ2n) is 2.09. The van der Waals surface area contributed by atoms with Crippen LogP contribution in [-0.2, 0) is 14.5 Å². The normalized spacial score (nSPS) is 27.0. The summed E-state index contributed by atoms with van der Waals surface area (Å²) in [7, 11) is 1.64. The molecule has 0 amide bonds. The van der Waals surface area contributed by atoms with Gasteiger partial charge in [-0.25, -0.2) is 9.78 Å². The Morgan fingerprint density at radius 2 is 2.50 bits per heavy atom. The molecule has 0 radical (unpaired) electrons. The van der Waals surface area contributed by atoms with E-state index >= 15 is 0 Å². The molecule has 3 nitrogen and oxygen atoms in total. The Balaban J connectivity index is 2.45. The van der Waals surface area contributed by atoms with Crippen molar-refractivity contribution < 1.29 is 14.5 Å². The monoisotopic (exact) mass is 144 g/mol. The maximum atomic E-state index is 5.04. The quantitative estimate of drug-likeness (QED) is 0.431. The molecule has 0 saturated carbocycles. The highest BCUT2D eigenvalue weighted by Gasteiger charge is 2.21. The highest BCUT2D eigenvalue weighted by Crippen LogP contribution is 2.17. The summed E-state index contributed by atoms with van der Waals surface area (Å²) in [6, 6.07) is 0. The lowest BCUT2D eigenvalue weighted by atomic mass is 10.2. The van der Waals surface area contributed by atoms with E-state index in [1.54, 1.807) is 7.11 Å². The number of ether oxygens (including phenoxy) is 1. The van der Waals surface area contributed by atoms with Crippen LogP contribution < -0.4 is 0 Å². The Morgan fingerprint density at radius 1 is 1.70 bits per heavy atom. The van der Waals surface area contributed by atoms with Crippen LogP contribution >= 0.6 is 0 Å². The van der Waals surface area contributed by atoms with Crippen LogP contribution in [0.1, 0.15) is 13.3 Å². The molecule has 1 aliphatic heterocycles. The van der Waals surface area contributed by atoms with Crippen molar-refractivity contribution in [1.29, 1.82) is 0 Å². The van der Waals surface area contributed by atoms with Crippen LogP contribution in [0.15, 0.2) is 11.8 Å². The predicted molar refractivity (Wildman–Crippen MR) is 36.2 cm³/mol. The first-order valence-corrected chi connectivity index (χ1v) is 3.37. The average Bonchev–Trinajstić information content (AvgIpc) is 2.43. The lowest BCUT2D eigenvalue weighted by Gasteiger charge is -2.09. The zero-order chi connectivity index (χ0) is 7.40. The second-order valence-corrected chi connectivity index (χ2v) is 2.09. The first kappa shape index (κ1) is 7.57. The van der Waals surface area contributed by atoms with Gasteiger partial charge in [-0.2, -0.15) is 0 Å². The summed E-state index contributed by atoms with van der Waals surface area (Å²) < 4.78 is 5.04. The van der Waals surface area contributed by atoms with Crippen molar-refractivity contribution in [3.05, 3.63) is 11.8 Å². The summed E-state index contributed by atoms with van der Waals surface area (Å²) in [5.41, 5.74) is 0. The van der Waals surface area contributed by atoms with Gasteiger partial charge in [0.1, 0.15) is 5.76 Å². The summed E-state index contributed by atoms with van der Waals surface area (Å²) in [6.45, 7) is 2.58. The summed E-state index contributed by atoms with van der Waals surface area (Å²) >= 11 is 0. The number of rotatable bonds is 2. The van der Waals surface area contributed by atoms with Crippen LogP contribution in [-0.4, -0.2) is 19.8 Å². The van der Waals surface area contributed by atoms with Crippen LogP contribution in [0.5, 0.6) is 0 Å². The Morgan fingerprint density at radius 3 is 2.90 bits per heavy atom. The smallest absolute Gasteiger partial charge is 0.152 e. The van der Waals surface area contributed by atoms with Crippen LogP contribution in [0.3, 0.4) is 0 Å². The minimum atomic E-state index is 0.00926. The fourth-order valence-electron chi connectivity index (χ4n) is 0.958. The zero-order valence-electron chi connectivity index (χ0n) is 6.29. The van der Waals surface area contributed by atoms with Gasteiger partial charge in [-0.15, -0.1) is 0 Å². The van der Waals surface area contributed by atoms with Crippen molar-refractivity contribution in [2.75, 3.05) is 13.7 Å². The van der Waals surface area contributed by atoms with E-state index in [-0.39, 0.29) is 6.10 Å². The Bertz CT molecular complexity index is 125. The summed E-state index contributed by atoms with van der Waals surface area (Å²) in [6.07, 6.45) is 2.78. The van der Waals surface area contributed by atoms with E-state index in [2.05, 4.69) is 0 Å². The highest BCUT2D eigenvalue weighted by molar-refractivity contribution is 4.98. The molecule has 1 saturated heterocycles. The first-order valence-electron chi connectivity index (χ1n) is 3.37. The molecule has 1 heterocycles. The molecular formula is C7H12O3. The van der Waals surface area contributed by atoms with E-state index in [0.29, 0.717) is 6.61 Å². The molecule has 1 rings (SSSR count). The van der Waals surface area contributed by atoms with Gasteiger partial charge in [-0.1, -0.05) is 0 Å². The summed E-state index contributed by atoms with van der Waals surface area (Å²) in [4.78, 5) is 9.62. The van der Waals surface area contributed by atoms with Crippen LogP contribution in [0.4, 0.5) is 0 Å². The molecule has 1 atom stereocenters. The Hall–Kier alpha value is -0.540. The van der Waals surface area contributed by atoms with Gasteiger partial charge < -0.3 is 4.74 Å². The third-order valence-electron chi connectivity index (χ3n) is 1.49. The van der Waals surface area contributed by atoms with Gasteiger partial charge in [0.2, 0.25) is 0 Å². The third kappa shape index (κ3) is 1.49. The molecule has 1 aliphatic rings. The molecule has 0 aromatic heterocycles. The first-order chi connectivity index (χ1) is 4.88. The average molecular weight is 144 g/mol. The van der Waals surface area contributed by atoms with Gasteiger partial charge in [0, 0.05) is 6.42 Å². The summed E-state index contributed by atoms with van der Waals surface area (Å²) in [5, 5.41) is 0. The van der Waals surface area contributed by atoms with Crippen molar-refractivity contribution in [2.24, 2.45) is 0 Å². The minimum absolute atomic E-state index is 0.00926. The second kappa shape index (κ2) is 3.58. The summed E-state index contributed by atoms with van der Waals surface area (Å²) in [5.74, 6) is 0.845. The molecule has 10 heavy (non-hydrogen) atoms. The van der Waals surface area contributed by atoms with Crippen molar-refractivity contribution in [3.8, 4) is 0 Å². The molecule has 0 aromatic rings. The molecule has 58 valence electrons. The van der Waals surface area contributed by atoms with Gasteiger partial charge >= 0.3 is 0 Å². The molecule has 0 N–H and O–H groups in total. The Kier molecular flexibility index (Phi) is 2.71. The van der Waals surface area contributed by atoms with E-state index in [4.69, 9.17) is 14.5 Å². The molecule has 0 aliphatic carbocycles. The standard InChI is InChI=1S/C7H12O3/c1-3-6(8-2)7-4-5-9-10-7/h3,7H,4-5H2,1-2H3. The van der Waals surface area contributed by atoms with E-state index in [1.165, 1.54) is 0 Å². The van der Waals surface area contributed by atoms with E-state index < -0.39 is 0 Å². The van der Waals surface area contributed by atoms with Crippen molar-refractivity contribution in [1.82, 2.24) is 0 Å². The highest BCUT2D eigenvalue weighted by atomic mass is 17.2. The topological polar surface area (TPSA) is 27.7 Å². The maximum Gasteiger partial charge on any atom is 0.152 e. The number of hydrogen-bond donors (Lipinski definition) is 0. The van der Waals surface area contributed by atoms with Crippen molar-refractivity contribution in [2.45, 2.75) is 19.4 Å². The lowest BCUT2D eigenvalue weighted by Crippen LogP contribution is -2.09. The van der Waals surface area contributed by atoms with Crippen LogP contribution in [0.25, 0.3) is 0 Å². The molecular weight excluding hydrogens is 132 g/mol. The maximum absolute atomic E-state index is 5.04. The third-order valence-corrected chi connectivity index (χ3v) is 1.49. The van der Waals surface area contributed by atoms with Crippen molar-refractivity contribution in [3.63, 3.8) is 0 Å². The van der Waals surface area contributed by atoms with Gasteiger partial charge in [0.15, 0.2) is 6.10 Å². The fourth-order valence-corrected chi connectivity index (χ4v) is 0.958. The van der Waals surface area contributed by atoms with Gasteiger partial charge in [0.25, 0.3) is 0 Å². The largest absolute Gasteiger partial charge is 0.499 e. The van der Waals surface area contributed by atoms with E-state index in [1.807, 2.05) is 13.0 Å². The van der Waals surface area contributed by atoms with Crippen LogP contribution in [0.2, 0.25) is 0 Å². The number of methoxy groups -OCH3 is 1. The molecule has 1 fully saturated rings. The Labute approximate surface area is 60.5 Å². The zero-order valence-corrected chi connectivity index (χ0v) is 6.29. The number of allylic oxidation sites excluding steroid dienone is 1. The van der Waals surface area contributed by atoms with Crippen molar-refractivity contribution >= 4 is 0 Å². The lowest BCUT2D eigenvalue weighted by molar-refractivity contribution is -0.271.